The fourth-order valence-corrected chi connectivity index (χ4v) is 4.58. The van der Waals surface area contributed by atoms with Gasteiger partial charge in [0.15, 0.2) is 0 Å². The number of likely N-dealkylation sites (tertiary alicyclic amines) is 1. The van der Waals surface area contributed by atoms with E-state index in [0.29, 0.717) is 57.7 Å². The molecule has 1 spiro atoms. The molecular formula is C20H25N3O5. The van der Waals surface area contributed by atoms with Gasteiger partial charge in [-0.05, 0) is 48.9 Å². The highest BCUT2D eigenvalue weighted by Crippen LogP contribution is 2.43. The summed E-state index contributed by atoms with van der Waals surface area (Å²) in [5, 5.41) is 8.80. The van der Waals surface area contributed by atoms with Gasteiger partial charge in [-0.2, -0.15) is 0 Å². The van der Waals surface area contributed by atoms with Crippen LogP contribution in [0.4, 0.5) is 0 Å². The molecule has 1 atom stereocenters. The fourth-order valence-electron chi connectivity index (χ4n) is 4.58. The van der Waals surface area contributed by atoms with E-state index in [1.807, 2.05) is 6.07 Å². The number of fused-ring (bicyclic) bond motifs is 1. The number of amides is 3. The Labute approximate surface area is 163 Å². The molecule has 0 radical (unpaired) electrons. The molecule has 2 fully saturated rings. The first-order chi connectivity index (χ1) is 13.5. The van der Waals surface area contributed by atoms with Gasteiger partial charge in [0, 0.05) is 25.2 Å². The van der Waals surface area contributed by atoms with Gasteiger partial charge in [-0.25, -0.2) is 5.48 Å². The number of benzene rings is 1. The van der Waals surface area contributed by atoms with Gasteiger partial charge in [-0.3, -0.25) is 19.6 Å². The molecule has 0 bridgehead atoms. The van der Waals surface area contributed by atoms with Crippen molar-refractivity contribution in [3.8, 4) is 0 Å². The van der Waals surface area contributed by atoms with Crippen LogP contribution >= 0.6 is 0 Å². The number of hydrogen-bond acceptors (Lipinski definition) is 5. The summed E-state index contributed by atoms with van der Waals surface area (Å²) in [4.78, 5) is 40.8. The molecule has 8 heteroatoms. The minimum Gasteiger partial charge on any atom is -0.378 e. The van der Waals surface area contributed by atoms with Crippen LogP contribution in [0.15, 0.2) is 18.2 Å². The van der Waals surface area contributed by atoms with Crippen LogP contribution in [0.5, 0.6) is 0 Å². The third-order valence-electron chi connectivity index (χ3n) is 6.26. The minimum absolute atomic E-state index is 0.00966. The molecule has 28 heavy (non-hydrogen) atoms. The third-order valence-corrected chi connectivity index (χ3v) is 6.26. The molecule has 3 amide bonds. The van der Waals surface area contributed by atoms with E-state index in [2.05, 4.69) is 0 Å². The summed E-state index contributed by atoms with van der Waals surface area (Å²) in [5.74, 6) is -0.477. The van der Waals surface area contributed by atoms with Crippen LogP contribution in [-0.4, -0.2) is 72.1 Å². The van der Waals surface area contributed by atoms with Crippen molar-refractivity contribution in [1.29, 1.82) is 0 Å². The van der Waals surface area contributed by atoms with Crippen LogP contribution in [0.3, 0.4) is 0 Å². The number of carbonyl (C=O) groups is 3. The fraction of sp³-hybridized carbons (Fsp3) is 0.550. The Kier molecular flexibility index (Phi) is 5.07. The summed E-state index contributed by atoms with van der Waals surface area (Å²) in [6, 6.07) is 5.32. The van der Waals surface area contributed by atoms with E-state index in [-0.39, 0.29) is 18.4 Å². The summed E-state index contributed by atoms with van der Waals surface area (Å²) < 4.78 is 5.28. The van der Waals surface area contributed by atoms with E-state index in [0.717, 1.165) is 17.5 Å². The minimum atomic E-state index is -0.534. The standard InChI is InChI=1S/C20H25N3O5/c24-17(22-7-9-28-10-8-22)13-23-6-5-20(19(23)26)4-3-14-11-15(18(25)21-27)1-2-16(14)12-20/h1-2,11,27H,3-10,12-13H2,(H,21,25)/t20-/m0/s1. The van der Waals surface area contributed by atoms with E-state index in [1.165, 1.54) is 0 Å². The van der Waals surface area contributed by atoms with Crippen LogP contribution in [-0.2, 0) is 27.2 Å². The van der Waals surface area contributed by atoms with Gasteiger partial charge in [-0.1, -0.05) is 6.07 Å². The van der Waals surface area contributed by atoms with E-state index in [4.69, 9.17) is 9.94 Å². The lowest BCUT2D eigenvalue weighted by Crippen LogP contribution is -2.47. The topological polar surface area (TPSA) is 99.2 Å². The Morgan fingerprint density at radius 2 is 1.93 bits per heavy atom. The Bertz CT molecular complexity index is 805. The molecule has 2 saturated heterocycles. The summed E-state index contributed by atoms with van der Waals surface area (Å²) in [5.41, 5.74) is 3.72. The molecule has 1 aromatic rings. The Morgan fingerprint density at radius 1 is 1.14 bits per heavy atom. The van der Waals surface area contributed by atoms with Gasteiger partial charge in [0.1, 0.15) is 0 Å². The number of carbonyl (C=O) groups excluding carboxylic acids is 3. The zero-order valence-electron chi connectivity index (χ0n) is 15.8. The average molecular weight is 387 g/mol. The highest BCUT2D eigenvalue weighted by atomic mass is 16.5. The van der Waals surface area contributed by atoms with Gasteiger partial charge in [0.2, 0.25) is 11.8 Å². The van der Waals surface area contributed by atoms with Crippen molar-refractivity contribution >= 4 is 17.7 Å². The van der Waals surface area contributed by atoms with Crippen molar-refractivity contribution in [2.24, 2.45) is 5.41 Å². The lowest BCUT2D eigenvalue weighted by atomic mass is 9.70. The molecule has 0 unspecified atom stereocenters. The molecule has 0 saturated carbocycles. The number of rotatable bonds is 3. The summed E-state index contributed by atoms with van der Waals surface area (Å²) in [6.07, 6.45) is 2.80. The Hall–Kier alpha value is -2.45. The molecule has 150 valence electrons. The lowest BCUT2D eigenvalue weighted by molar-refractivity contribution is -0.144. The number of hydrogen-bond donors (Lipinski definition) is 2. The van der Waals surface area contributed by atoms with E-state index >= 15 is 0 Å². The lowest BCUT2D eigenvalue weighted by Gasteiger charge is -2.34. The smallest absolute Gasteiger partial charge is 0.274 e. The van der Waals surface area contributed by atoms with Crippen LogP contribution in [0.1, 0.15) is 34.3 Å². The maximum Gasteiger partial charge on any atom is 0.274 e. The third kappa shape index (κ3) is 3.38. The first-order valence-electron chi connectivity index (χ1n) is 9.73. The highest BCUT2D eigenvalue weighted by molar-refractivity contribution is 5.94. The molecule has 2 N–H and O–H groups in total. The number of morpholine rings is 1. The first kappa shape index (κ1) is 18.9. The number of ether oxygens (including phenoxy) is 1. The van der Waals surface area contributed by atoms with E-state index in [1.54, 1.807) is 27.4 Å². The zero-order valence-corrected chi connectivity index (χ0v) is 15.8. The largest absolute Gasteiger partial charge is 0.378 e. The molecular weight excluding hydrogens is 362 g/mol. The first-order valence-corrected chi connectivity index (χ1v) is 9.73. The Balaban J connectivity index is 1.44. The van der Waals surface area contributed by atoms with Gasteiger partial charge < -0.3 is 14.5 Å². The van der Waals surface area contributed by atoms with Crippen LogP contribution in [0.2, 0.25) is 0 Å². The van der Waals surface area contributed by atoms with Crippen LogP contribution in [0, 0.1) is 5.41 Å². The second-order valence-electron chi connectivity index (χ2n) is 7.85. The Morgan fingerprint density at radius 3 is 2.68 bits per heavy atom. The van der Waals surface area contributed by atoms with Crippen molar-refractivity contribution in [3.63, 3.8) is 0 Å². The van der Waals surface area contributed by atoms with Crippen molar-refractivity contribution in [2.75, 3.05) is 39.4 Å². The van der Waals surface area contributed by atoms with Crippen molar-refractivity contribution in [1.82, 2.24) is 15.3 Å². The molecule has 8 nitrogen and oxygen atoms in total. The molecule has 3 aliphatic rings. The average Bonchev–Trinajstić information content (AvgIpc) is 3.03. The zero-order chi connectivity index (χ0) is 19.7. The second kappa shape index (κ2) is 7.52. The highest BCUT2D eigenvalue weighted by Gasteiger charge is 2.48. The van der Waals surface area contributed by atoms with Gasteiger partial charge in [0.05, 0.1) is 25.2 Å². The molecule has 1 aliphatic carbocycles. The van der Waals surface area contributed by atoms with E-state index < -0.39 is 11.3 Å². The van der Waals surface area contributed by atoms with Crippen LogP contribution in [0.25, 0.3) is 0 Å². The monoisotopic (exact) mass is 387 g/mol. The molecule has 2 heterocycles. The molecule has 2 aliphatic heterocycles. The number of aryl methyl sites for hydroxylation is 1. The van der Waals surface area contributed by atoms with Crippen molar-refractivity contribution in [2.45, 2.75) is 25.7 Å². The number of nitrogens with zero attached hydrogens (tertiary/aromatic N) is 2. The maximum absolute atomic E-state index is 13.2. The number of hydroxylamine groups is 1. The maximum atomic E-state index is 13.2. The summed E-state index contributed by atoms with van der Waals surface area (Å²) >= 11 is 0. The molecule has 4 rings (SSSR count). The second-order valence-corrected chi connectivity index (χ2v) is 7.85. The summed E-state index contributed by atoms with van der Waals surface area (Å²) in [6.45, 7) is 3.03. The predicted molar refractivity (Wildman–Crippen MR) is 98.7 cm³/mol. The van der Waals surface area contributed by atoms with E-state index in [9.17, 15) is 14.4 Å². The number of nitrogens with one attached hydrogen (secondary N) is 1. The SMILES string of the molecule is O=C(NO)c1ccc2c(c1)CC[C@]1(CCN(CC(=O)N3CCOCC3)C1=O)C2. The quantitative estimate of drug-likeness (QED) is 0.577. The van der Waals surface area contributed by atoms with Crippen LogP contribution < -0.4 is 5.48 Å². The molecule has 0 aromatic heterocycles. The van der Waals surface area contributed by atoms with Crippen molar-refractivity contribution < 1.29 is 24.3 Å². The summed E-state index contributed by atoms with van der Waals surface area (Å²) in [7, 11) is 0. The molecule has 1 aromatic carbocycles. The van der Waals surface area contributed by atoms with Gasteiger partial charge in [0.25, 0.3) is 5.91 Å². The van der Waals surface area contributed by atoms with Crippen molar-refractivity contribution in [3.05, 3.63) is 34.9 Å². The van der Waals surface area contributed by atoms with Gasteiger partial charge >= 0.3 is 0 Å². The normalized spacial score (nSPS) is 24.4. The predicted octanol–water partition coefficient (Wildman–Crippen LogP) is 0.372. The van der Waals surface area contributed by atoms with Gasteiger partial charge in [-0.15, -0.1) is 0 Å².